The Kier molecular flexibility index (Phi) is 5.35. The minimum absolute atomic E-state index is 0.174. The summed E-state index contributed by atoms with van der Waals surface area (Å²) in [5.74, 6) is 0.810. The number of nitrogens with zero attached hydrogens (tertiary/aromatic N) is 3. The summed E-state index contributed by atoms with van der Waals surface area (Å²) in [5.41, 5.74) is 0. The average Bonchev–Trinajstić information content (AvgIpc) is 2.97. The smallest absolute Gasteiger partial charge is 0.224 e. The third-order valence-corrected chi connectivity index (χ3v) is 3.35. The van der Waals surface area contributed by atoms with Gasteiger partial charge in [-0.15, -0.1) is 10.2 Å². The molecule has 1 aromatic carbocycles. The van der Waals surface area contributed by atoms with Gasteiger partial charge in [-0.2, -0.15) is 5.21 Å². The highest BCUT2D eigenvalue weighted by atomic mass is 35.5. The molecule has 1 atom stereocenters. The van der Waals surface area contributed by atoms with Gasteiger partial charge in [-0.25, -0.2) is 0 Å². The first-order chi connectivity index (χ1) is 10.1. The summed E-state index contributed by atoms with van der Waals surface area (Å²) in [6, 6.07) is 4.61. The van der Waals surface area contributed by atoms with Crippen LogP contribution in [0, 0.1) is 0 Å². The molecule has 0 radical (unpaired) electrons. The lowest BCUT2D eigenvalue weighted by atomic mass is 10.3. The highest BCUT2D eigenvalue weighted by Crippen LogP contribution is 2.26. The fourth-order valence-corrected chi connectivity index (χ4v) is 1.85. The van der Waals surface area contributed by atoms with E-state index in [9.17, 15) is 4.79 Å². The second kappa shape index (κ2) is 7.24. The first-order valence-corrected chi connectivity index (χ1v) is 6.92. The minimum Gasteiger partial charge on any atom is -0.493 e. The lowest BCUT2D eigenvalue weighted by Crippen LogP contribution is -2.28. The fourth-order valence-electron chi connectivity index (χ4n) is 1.56. The van der Waals surface area contributed by atoms with E-state index in [1.165, 1.54) is 0 Å². The van der Waals surface area contributed by atoms with Gasteiger partial charge in [-0.05, 0) is 19.1 Å². The Bertz CT molecular complexity index is 606. The Labute approximate surface area is 131 Å². The van der Waals surface area contributed by atoms with Crippen molar-refractivity contribution in [2.75, 3.05) is 6.61 Å². The Hall–Kier alpha value is -1.86. The van der Waals surface area contributed by atoms with E-state index in [0.29, 0.717) is 21.6 Å². The monoisotopic (exact) mass is 329 g/mol. The standard InChI is InChI=1S/C12H13Cl2N5O2/c1-7(12-16-18-19-17-12)15-11(20)4-5-21-8-2-3-9(13)10(14)6-8/h2-3,6-7H,4-5H2,1H3,(H,15,20)(H,16,17,18,19). The van der Waals surface area contributed by atoms with Crippen LogP contribution in [-0.2, 0) is 4.79 Å². The molecule has 7 nitrogen and oxygen atoms in total. The number of ether oxygens (including phenoxy) is 1. The molecule has 2 aromatic rings. The van der Waals surface area contributed by atoms with E-state index in [0.717, 1.165) is 0 Å². The number of H-pyrrole nitrogens is 1. The molecule has 1 aromatic heterocycles. The maximum absolute atomic E-state index is 11.7. The van der Waals surface area contributed by atoms with Crippen molar-refractivity contribution in [1.82, 2.24) is 25.9 Å². The lowest BCUT2D eigenvalue weighted by Gasteiger charge is -2.10. The molecule has 0 saturated heterocycles. The molecule has 0 aliphatic rings. The van der Waals surface area contributed by atoms with Gasteiger partial charge in [-0.3, -0.25) is 4.79 Å². The number of hydrogen-bond acceptors (Lipinski definition) is 5. The van der Waals surface area contributed by atoms with E-state index in [-0.39, 0.29) is 25.0 Å². The van der Waals surface area contributed by atoms with Gasteiger partial charge in [0, 0.05) is 6.07 Å². The maximum atomic E-state index is 11.7. The number of halogens is 2. The molecule has 0 bridgehead atoms. The topological polar surface area (TPSA) is 92.8 Å². The van der Waals surface area contributed by atoms with Crippen molar-refractivity contribution in [1.29, 1.82) is 0 Å². The lowest BCUT2D eigenvalue weighted by molar-refractivity contribution is -0.122. The fraction of sp³-hybridized carbons (Fsp3) is 0.333. The zero-order valence-electron chi connectivity index (χ0n) is 11.1. The summed E-state index contributed by atoms with van der Waals surface area (Å²) in [4.78, 5) is 11.7. The predicted molar refractivity (Wildman–Crippen MR) is 77.3 cm³/mol. The number of aromatic nitrogens is 4. The van der Waals surface area contributed by atoms with Gasteiger partial charge in [0.15, 0.2) is 5.82 Å². The Morgan fingerprint density at radius 2 is 2.24 bits per heavy atom. The number of carbonyl (C=O) groups is 1. The van der Waals surface area contributed by atoms with Crippen LogP contribution in [-0.4, -0.2) is 33.1 Å². The molecule has 0 saturated carbocycles. The first kappa shape index (κ1) is 15.5. The van der Waals surface area contributed by atoms with Crippen LogP contribution in [0.4, 0.5) is 0 Å². The number of carbonyl (C=O) groups excluding carboxylic acids is 1. The van der Waals surface area contributed by atoms with Crippen molar-refractivity contribution in [3.63, 3.8) is 0 Å². The maximum Gasteiger partial charge on any atom is 0.224 e. The van der Waals surface area contributed by atoms with E-state index in [1.54, 1.807) is 25.1 Å². The Morgan fingerprint density at radius 1 is 1.43 bits per heavy atom. The second-order valence-corrected chi connectivity index (χ2v) is 5.05. The highest BCUT2D eigenvalue weighted by Gasteiger charge is 2.13. The van der Waals surface area contributed by atoms with E-state index in [4.69, 9.17) is 27.9 Å². The Balaban J connectivity index is 1.75. The van der Waals surface area contributed by atoms with Crippen LogP contribution in [0.2, 0.25) is 10.0 Å². The third kappa shape index (κ3) is 4.57. The Morgan fingerprint density at radius 3 is 2.90 bits per heavy atom. The number of nitrogens with one attached hydrogen (secondary N) is 2. The molecule has 112 valence electrons. The number of rotatable bonds is 6. The predicted octanol–water partition coefficient (Wildman–Crippen LogP) is 2.15. The minimum atomic E-state index is -0.318. The number of benzene rings is 1. The van der Waals surface area contributed by atoms with Crippen LogP contribution in [0.3, 0.4) is 0 Å². The van der Waals surface area contributed by atoms with Crippen LogP contribution in [0.1, 0.15) is 25.2 Å². The number of amides is 1. The van der Waals surface area contributed by atoms with E-state index in [2.05, 4.69) is 25.9 Å². The van der Waals surface area contributed by atoms with Crippen LogP contribution < -0.4 is 10.1 Å². The van der Waals surface area contributed by atoms with Crippen LogP contribution in [0.25, 0.3) is 0 Å². The van der Waals surface area contributed by atoms with Crippen molar-refractivity contribution >= 4 is 29.1 Å². The van der Waals surface area contributed by atoms with Gasteiger partial charge in [0.25, 0.3) is 0 Å². The summed E-state index contributed by atoms with van der Waals surface area (Å²) in [6.45, 7) is 1.99. The van der Waals surface area contributed by atoms with Crippen LogP contribution in [0.5, 0.6) is 5.75 Å². The summed E-state index contributed by atoms with van der Waals surface area (Å²) in [6.07, 6.45) is 0.197. The molecule has 1 unspecified atom stereocenters. The molecule has 1 amide bonds. The van der Waals surface area contributed by atoms with Gasteiger partial charge in [-0.1, -0.05) is 28.4 Å². The molecule has 2 rings (SSSR count). The SMILES string of the molecule is CC(NC(=O)CCOc1ccc(Cl)c(Cl)c1)c1nn[nH]n1. The number of hydrogen-bond donors (Lipinski definition) is 2. The van der Waals surface area contributed by atoms with Crippen molar-refractivity contribution in [2.45, 2.75) is 19.4 Å². The zero-order valence-corrected chi connectivity index (χ0v) is 12.6. The summed E-state index contributed by atoms with van der Waals surface area (Å²) in [7, 11) is 0. The molecular weight excluding hydrogens is 317 g/mol. The van der Waals surface area contributed by atoms with Gasteiger partial charge < -0.3 is 10.1 Å². The second-order valence-electron chi connectivity index (χ2n) is 4.23. The van der Waals surface area contributed by atoms with Crippen molar-refractivity contribution in [3.8, 4) is 5.75 Å². The molecule has 21 heavy (non-hydrogen) atoms. The van der Waals surface area contributed by atoms with Crippen LogP contribution >= 0.6 is 23.2 Å². The van der Waals surface area contributed by atoms with Gasteiger partial charge in [0.1, 0.15) is 5.75 Å². The van der Waals surface area contributed by atoms with Gasteiger partial charge in [0.05, 0.1) is 29.1 Å². The molecule has 0 aliphatic carbocycles. The highest BCUT2D eigenvalue weighted by molar-refractivity contribution is 6.42. The van der Waals surface area contributed by atoms with E-state index in [1.807, 2.05) is 0 Å². The largest absolute Gasteiger partial charge is 0.493 e. The quantitative estimate of drug-likeness (QED) is 0.847. The normalized spacial score (nSPS) is 12.0. The summed E-state index contributed by atoms with van der Waals surface area (Å²) < 4.78 is 5.43. The number of tetrazole rings is 1. The molecule has 0 fully saturated rings. The van der Waals surface area contributed by atoms with Gasteiger partial charge >= 0.3 is 0 Å². The van der Waals surface area contributed by atoms with Crippen molar-refractivity contribution in [2.24, 2.45) is 0 Å². The molecule has 0 spiro atoms. The summed E-state index contributed by atoms with van der Waals surface area (Å²) >= 11 is 11.7. The molecule has 2 N–H and O–H groups in total. The number of aromatic amines is 1. The van der Waals surface area contributed by atoms with Crippen LogP contribution in [0.15, 0.2) is 18.2 Å². The zero-order chi connectivity index (χ0) is 15.2. The molecule has 9 heteroatoms. The summed E-state index contributed by atoms with van der Waals surface area (Å²) in [5, 5.41) is 16.9. The van der Waals surface area contributed by atoms with Crippen molar-refractivity contribution in [3.05, 3.63) is 34.1 Å². The van der Waals surface area contributed by atoms with Crippen molar-refractivity contribution < 1.29 is 9.53 Å². The van der Waals surface area contributed by atoms with E-state index >= 15 is 0 Å². The third-order valence-electron chi connectivity index (χ3n) is 2.62. The molecule has 0 aliphatic heterocycles. The molecule has 1 heterocycles. The van der Waals surface area contributed by atoms with Gasteiger partial charge in [0.2, 0.25) is 5.91 Å². The first-order valence-electron chi connectivity index (χ1n) is 6.17. The molecular formula is C12H13Cl2N5O2. The average molecular weight is 330 g/mol. The van der Waals surface area contributed by atoms with E-state index < -0.39 is 0 Å².